The minimum Gasteiger partial charge on any atom is -0.346 e. The number of anilines is 1. The van der Waals surface area contributed by atoms with Crippen LogP contribution in [-0.2, 0) is 13.6 Å². The number of aromatic nitrogens is 2. The summed E-state index contributed by atoms with van der Waals surface area (Å²) in [6.07, 6.45) is 3.54. The van der Waals surface area contributed by atoms with Gasteiger partial charge < -0.3 is 14.5 Å². The monoisotopic (exact) mass is 259 g/mol. The van der Waals surface area contributed by atoms with Crippen molar-refractivity contribution in [3.05, 3.63) is 52.2 Å². The van der Waals surface area contributed by atoms with Crippen LogP contribution in [0.3, 0.4) is 0 Å². The molecule has 2 rings (SSSR count). The first-order valence-electron chi connectivity index (χ1n) is 6.16. The molecule has 0 radical (unpaired) electrons. The Morgan fingerprint density at radius 2 is 2.05 bits per heavy atom. The number of rotatable bonds is 3. The predicted molar refractivity (Wildman–Crippen MR) is 74.5 cm³/mol. The maximum atomic E-state index is 12.1. The Kier molecular flexibility index (Phi) is 3.55. The molecule has 0 unspecified atom stereocenters. The van der Waals surface area contributed by atoms with Gasteiger partial charge in [0.05, 0.1) is 5.69 Å². The zero-order valence-corrected chi connectivity index (χ0v) is 11.3. The summed E-state index contributed by atoms with van der Waals surface area (Å²) in [6.45, 7) is 4.40. The lowest BCUT2D eigenvalue weighted by atomic mass is 10.3. The molecule has 2 heterocycles. The van der Waals surface area contributed by atoms with Gasteiger partial charge in [-0.1, -0.05) is 0 Å². The molecule has 0 aliphatic rings. The summed E-state index contributed by atoms with van der Waals surface area (Å²) in [4.78, 5) is 23.6. The van der Waals surface area contributed by atoms with E-state index in [4.69, 9.17) is 0 Å². The first kappa shape index (κ1) is 13.1. The standard InChI is InChI=1S/C14H17N3O2/c1-4-17-9-11(5-6-13(17)18)15-14(19)12-7-10(2)8-16(12)3/h5-9H,4H2,1-3H3,(H,15,19). The summed E-state index contributed by atoms with van der Waals surface area (Å²) in [7, 11) is 1.83. The molecule has 2 aromatic heterocycles. The van der Waals surface area contributed by atoms with E-state index in [1.54, 1.807) is 21.4 Å². The third-order valence-electron chi connectivity index (χ3n) is 2.96. The van der Waals surface area contributed by atoms with Gasteiger partial charge in [-0.2, -0.15) is 0 Å². The molecule has 0 spiro atoms. The summed E-state index contributed by atoms with van der Waals surface area (Å²) in [5.74, 6) is -0.183. The molecule has 1 amide bonds. The average Bonchev–Trinajstić information content (AvgIpc) is 2.71. The van der Waals surface area contributed by atoms with Crippen LogP contribution in [0.5, 0.6) is 0 Å². The molecule has 0 aromatic carbocycles. The fraction of sp³-hybridized carbons (Fsp3) is 0.286. The van der Waals surface area contributed by atoms with Crippen LogP contribution in [0.1, 0.15) is 23.0 Å². The Morgan fingerprint density at radius 3 is 2.63 bits per heavy atom. The maximum Gasteiger partial charge on any atom is 0.272 e. The van der Waals surface area contributed by atoms with Gasteiger partial charge in [0.15, 0.2) is 0 Å². The van der Waals surface area contributed by atoms with Crippen LogP contribution < -0.4 is 10.9 Å². The van der Waals surface area contributed by atoms with E-state index in [9.17, 15) is 9.59 Å². The van der Waals surface area contributed by atoms with Gasteiger partial charge in [-0.15, -0.1) is 0 Å². The van der Waals surface area contributed by atoms with E-state index < -0.39 is 0 Å². The summed E-state index contributed by atoms with van der Waals surface area (Å²) in [5.41, 5.74) is 2.17. The molecule has 19 heavy (non-hydrogen) atoms. The number of pyridine rings is 1. The molecule has 5 nitrogen and oxygen atoms in total. The molecule has 100 valence electrons. The normalized spacial score (nSPS) is 10.5. The number of hydrogen-bond donors (Lipinski definition) is 1. The van der Waals surface area contributed by atoms with Crippen molar-refractivity contribution < 1.29 is 4.79 Å². The molecular weight excluding hydrogens is 242 g/mol. The highest BCUT2D eigenvalue weighted by Gasteiger charge is 2.11. The molecule has 0 bridgehead atoms. The van der Waals surface area contributed by atoms with E-state index >= 15 is 0 Å². The summed E-state index contributed by atoms with van der Waals surface area (Å²) in [5, 5.41) is 2.79. The molecule has 0 atom stereocenters. The molecule has 0 aliphatic heterocycles. The van der Waals surface area contributed by atoms with Crippen LogP contribution in [0, 0.1) is 6.92 Å². The Bertz CT molecular complexity index is 668. The Balaban J connectivity index is 2.24. The van der Waals surface area contributed by atoms with Crippen LogP contribution in [0.4, 0.5) is 5.69 Å². The van der Waals surface area contributed by atoms with E-state index in [1.165, 1.54) is 6.07 Å². The van der Waals surface area contributed by atoms with E-state index in [0.717, 1.165) is 5.56 Å². The minimum atomic E-state index is -0.183. The number of carbonyl (C=O) groups excluding carboxylic acids is 1. The average molecular weight is 259 g/mol. The van der Waals surface area contributed by atoms with Gasteiger partial charge in [-0.3, -0.25) is 9.59 Å². The second kappa shape index (κ2) is 5.14. The van der Waals surface area contributed by atoms with Crippen molar-refractivity contribution in [3.8, 4) is 0 Å². The number of carbonyl (C=O) groups is 1. The van der Waals surface area contributed by atoms with Crippen LogP contribution in [0.25, 0.3) is 0 Å². The van der Waals surface area contributed by atoms with Gasteiger partial charge in [-0.05, 0) is 31.5 Å². The second-order valence-electron chi connectivity index (χ2n) is 4.51. The van der Waals surface area contributed by atoms with Crippen LogP contribution in [-0.4, -0.2) is 15.0 Å². The summed E-state index contributed by atoms with van der Waals surface area (Å²) < 4.78 is 3.33. The third-order valence-corrected chi connectivity index (χ3v) is 2.96. The quantitative estimate of drug-likeness (QED) is 0.913. The molecule has 5 heteroatoms. The highest BCUT2D eigenvalue weighted by Crippen LogP contribution is 2.10. The Labute approximate surface area is 111 Å². The molecule has 1 N–H and O–H groups in total. The molecule has 2 aromatic rings. The number of nitrogens with one attached hydrogen (secondary N) is 1. The molecule has 0 saturated carbocycles. The summed E-state index contributed by atoms with van der Waals surface area (Å²) in [6, 6.07) is 4.89. The number of amides is 1. The lowest BCUT2D eigenvalue weighted by molar-refractivity contribution is 0.101. The highest BCUT2D eigenvalue weighted by atomic mass is 16.2. The van der Waals surface area contributed by atoms with Crippen LogP contribution in [0.15, 0.2) is 35.4 Å². The van der Waals surface area contributed by atoms with E-state index in [1.807, 2.05) is 33.2 Å². The van der Waals surface area contributed by atoms with E-state index in [0.29, 0.717) is 17.9 Å². The van der Waals surface area contributed by atoms with Crippen molar-refractivity contribution in [1.82, 2.24) is 9.13 Å². The van der Waals surface area contributed by atoms with Crippen LogP contribution >= 0.6 is 0 Å². The van der Waals surface area contributed by atoms with Crippen molar-refractivity contribution in [1.29, 1.82) is 0 Å². The molecule has 0 saturated heterocycles. The maximum absolute atomic E-state index is 12.1. The first-order chi connectivity index (χ1) is 9.01. The number of aryl methyl sites for hydroxylation is 3. The van der Waals surface area contributed by atoms with Gasteiger partial charge in [0.1, 0.15) is 5.69 Å². The first-order valence-corrected chi connectivity index (χ1v) is 6.16. The van der Waals surface area contributed by atoms with Crippen molar-refractivity contribution in [2.45, 2.75) is 20.4 Å². The fourth-order valence-electron chi connectivity index (χ4n) is 2.00. The van der Waals surface area contributed by atoms with Gasteiger partial charge >= 0.3 is 0 Å². The predicted octanol–water partition coefficient (Wildman–Crippen LogP) is 1.77. The van der Waals surface area contributed by atoms with Gasteiger partial charge in [0.25, 0.3) is 11.5 Å². The topological polar surface area (TPSA) is 56.0 Å². The van der Waals surface area contributed by atoms with Crippen molar-refractivity contribution >= 4 is 11.6 Å². The fourth-order valence-corrected chi connectivity index (χ4v) is 2.00. The van der Waals surface area contributed by atoms with Crippen molar-refractivity contribution in [2.24, 2.45) is 7.05 Å². The largest absolute Gasteiger partial charge is 0.346 e. The minimum absolute atomic E-state index is 0.0739. The Morgan fingerprint density at radius 1 is 1.32 bits per heavy atom. The van der Waals surface area contributed by atoms with Gasteiger partial charge in [-0.25, -0.2) is 0 Å². The van der Waals surface area contributed by atoms with Gasteiger partial charge in [0, 0.05) is 32.1 Å². The number of hydrogen-bond acceptors (Lipinski definition) is 2. The Hall–Kier alpha value is -2.30. The van der Waals surface area contributed by atoms with E-state index in [2.05, 4.69) is 5.32 Å². The third kappa shape index (κ3) is 2.76. The van der Waals surface area contributed by atoms with Gasteiger partial charge in [0.2, 0.25) is 0 Å². The van der Waals surface area contributed by atoms with E-state index in [-0.39, 0.29) is 11.5 Å². The number of nitrogens with zero attached hydrogens (tertiary/aromatic N) is 2. The summed E-state index contributed by atoms with van der Waals surface area (Å²) >= 11 is 0. The lowest BCUT2D eigenvalue weighted by Gasteiger charge is -2.08. The second-order valence-corrected chi connectivity index (χ2v) is 4.51. The SMILES string of the molecule is CCn1cc(NC(=O)c2cc(C)cn2C)ccc1=O. The highest BCUT2D eigenvalue weighted by molar-refractivity contribution is 6.03. The zero-order valence-electron chi connectivity index (χ0n) is 11.3. The molecule has 0 fully saturated rings. The molecule has 0 aliphatic carbocycles. The molecular formula is C14H17N3O2. The smallest absolute Gasteiger partial charge is 0.272 e. The van der Waals surface area contributed by atoms with Crippen molar-refractivity contribution in [2.75, 3.05) is 5.32 Å². The van der Waals surface area contributed by atoms with Crippen LogP contribution in [0.2, 0.25) is 0 Å². The van der Waals surface area contributed by atoms with Crippen molar-refractivity contribution in [3.63, 3.8) is 0 Å². The lowest BCUT2D eigenvalue weighted by Crippen LogP contribution is -2.20. The zero-order chi connectivity index (χ0) is 14.0.